The minimum atomic E-state index is -0.172. The molecule has 1 aliphatic heterocycles. The molecule has 2 aromatic rings. The molecular weight excluding hydrogens is 348 g/mol. The standard InChI is InChI=1S/C20H20N2O3S/c1-3-24-16-12-8-9-14(18(16)25-4-2)13-17-19(23)22-20(26-17)21-15-10-6-5-7-11-15/h5-13H,3-4H2,1-2H3,(H,21,22,23). The smallest absolute Gasteiger partial charge is 0.264 e. The molecule has 1 fully saturated rings. The molecule has 0 bridgehead atoms. The summed E-state index contributed by atoms with van der Waals surface area (Å²) in [6, 6.07) is 15.2. The highest BCUT2D eigenvalue weighted by molar-refractivity contribution is 8.18. The molecule has 1 saturated heterocycles. The van der Waals surface area contributed by atoms with Gasteiger partial charge in [0.05, 0.1) is 23.8 Å². The van der Waals surface area contributed by atoms with E-state index in [2.05, 4.69) is 10.3 Å². The highest BCUT2D eigenvalue weighted by Gasteiger charge is 2.24. The van der Waals surface area contributed by atoms with Crippen LogP contribution in [0.15, 0.2) is 58.4 Å². The molecule has 1 heterocycles. The van der Waals surface area contributed by atoms with E-state index in [1.807, 2.05) is 62.4 Å². The first-order valence-corrected chi connectivity index (χ1v) is 9.26. The Kier molecular flexibility index (Phi) is 5.96. The van der Waals surface area contributed by atoms with Crippen molar-refractivity contribution in [2.75, 3.05) is 13.2 Å². The molecule has 0 aliphatic carbocycles. The summed E-state index contributed by atoms with van der Waals surface area (Å²) in [5.74, 6) is 1.14. The van der Waals surface area contributed by atoms with Gasteiger partial charge in [-0.05, 0) is 49.9 Å². The number of aliphatic imine (C=N–C) groups is 1. The third-order valence-corrected chi connectivity index (χ3v) is 4.43. The SMILES string of the molecule is CCOc1cccc(C=C2SC(=Nc3ccccc3)NC2=O)c1OCC. The van der Waals surface area contributed by atoms with E-state index in [1.54, 1.807) is 6.08 Å². The number of para-hydroxylation sites is 2. The van der Waals surface area contributed by atoms with Crippen LogP contribution in [0.25, 0.3) is 6.08 Å². The fraction of sp³-hybridized carbons (Fsp3) is 0.200. The summed E-state index contributed by atoms with van der Waals surface area (Å²) in [7, 11) is 0. The van der Waals surface area contributed by atoms with E-state index in [-0.39, 0.29) is 5.91 Å². The fourth-order valence-corrected chi connectivity index (χ4v) is 3.29. The molecule has 134 valence electrons. The van der Waals surface area contributed by atoms with E-state index >= 15 is 0 Å². The number of nitrogens with one attached hydrogen (secondary N) is 1. The van der Waals surface area contributed by atoms with Crippen LogP contribution in [-0.2, 0) is 4.79 Å². The van der Waals surface area contributed by atoms with Gasteiger partial charge in [-0.15, -0.1) is 0 Å². The highest BCUT2D eigenvalue weighted by atomic mass is 32.2. The number of carbonyl (C=O) groups excluding carboxylic acids is 1. The minimum absolute atomic E-state index is 0.172. The second-order valence-electron chi connectivity index (χ2n) is 5.36. The van der Waals surface area contributed by atoms with Gasteiger partial charge in [0.2, 0.25) is 0 Å². The third kappa shape index (κ3) is 4.26. The van der Waals surface area contributed by atoms with Gasteiger partial charge in [0.15, 0.2) is 16.7 Å². The maximum Gasteiger partial charge on any atom is 0.264 e. The summed E-state index contributed by atoms with van der Waals surface area (Å²) in [5, 5.41) is 3.36. The summed E-state index contributed by atoms with van der Waals surface area (Å²) < 4.78 is 11.4. The summed E-state index contributed by atoms with van der Waals surface area (Å²) >= 11 is 1.31. The first-order chi connectivity index (χ1) is 12.7. The Bertz CT molecular complexity index is 847. The number of amides is 1. The number of benzene rings is 2. The summed E-state index contributed by atoms with van der Waals surface area (Å²) in [6.07, 6.45) is 1.81. The molecule has 0 unspecified atom stereocenters. The van der Waals surface area contributed by atoms with E-state index < -0.39 is 0 Å². The zero-order chi connectivity index (χ0) is 18.4. The van der Waals surface area contributed by atoms with E-state index in [9.17, 15) is 4.79 Å². The quantitative estimate of drug-likeness (QED) is 0.769. The number of nitrogens with zero attached hydrogens (tertiary/aromatic N) is 1. The molecule has 2 aromatic carbocycles. The summed E-state index contributed by atoms with van der Waals surface area (Å²) in [6.45, 7) is 4.90. The zero-order valence-corrected chi connectivity index (χ0v) is 15.5. The van der Waals surface area contributed by atoms with Gasteiger partial charge in [-0.3, -0.25) is 4.79 Å². The number of hydrogen-bond acceptors (Lipinski definition) is 5. The predicted octanol–water partition coefficient (Wildman–Crippen LogP) is 4.38. The van der Waals surface area contributed by atoms with Gasteiger partial charge in [0.1, 0.15) is 0 Å². The molecular formula is C20H20N2O3S. The molecule has 5 nitrogen and oxygen atoms in total. The van der Waals surface area contributed by atoms with Crippen molar-refractivity contribution in [2.45, 2.75) is 13.8 Å². The lowest BCUT2D eigenvalue weighted by atomic mass is 10.1. The van der Waals surface area contributed by atoms with Gasteiger partial charge in [-0.2, -0.15) is 0 Å². The molecule has 3 rings (SSSR count). The van der Waals surface area contributed by atoms with Crippen molar-refractivity contribution in [2.24, 2.45) is 4.99 Å². The Hall–Kier alpha value is -2.73. The number of carbonyl (C=O) groups is 1. The molecule has 0 radical (unpaired) electrons. The van der Waals surface area contributed by atoms with Gasteiger partial charge in [0, 0.05) is 5.56 Å². The topological polar surface area (TPSA) is 59.9 Å². The largest absolute Gasteiger partial charge is 0.490 e. The van der Waals surface area contributed by atoms with Crippen LogP contribution in [0, 0.1) is 0 Å². The average molecular weight is 368 g/mol. The second kappa shape index (κ2) is 8.58. The Labute approximate surface area is 157 Å². The fourth-order valence-electron chi connectivity index (χ4n) is 2.46. The summed E-state index contributed by atoms with van der Waals surface area (Å²) in [5.41, 5.74) is 1.60. The zero-order valence-electron chi connectivity index (χ0n) is 14.7. The molecule has 6 heteroatoms. The maximum atomic E-state index is 12.3. The second-order valence-corrected chi connectivity index (χ2v) is 6.39. The van der Waals surface area contributed by atoms with Crippen molar-refractivity contribution in [3.05, 3.63) is 59.0 Å². The third-order valence-electron chi connectivity index (χ3n) is 3.52. The van der Waals surface area contributed by atoms with Crippen molar-refractivity contribution in [1.29, 1.82) is 0 Å². The van der Waals surface area contributed by atoms with Gasteiger partial charge in [-0.25, -0.2) is 4.99 Å². The van der Waals surface area contributed by atoms with E-state index in [0.29, 0.717) is 34.8 Å². The van der Waals surface area contributed by atoms with Crippen molar-refractivity contribution in [3.8, 4) is 11.5 Å². The van der Waals surface area contributed by atoms with Crippen LogP contribution in [0.3, 0.4) is 0 Å². The lowest BCUT2D eigenvalue weighted by Crippen LogP contribution is -2.19. The molecule has 0 aromatic heterocycles. The van der Waals surface area contributed by atoms with E-state index in [1.165, 1.54) is 11.8 Å². The van der Waals surface area contributed by atoms with Crippen LogP contribution < -0.4 is 14.8 Å². The number of hydrogen-bond donors (Lipinski definition) is 1. The van der Waals surface area contributed by atoms with Crippen LogP contribution in [-0.4, -0.2) is 24.3 Å². The normalized spacial score (nSPS) is 16.8. The molecule has 1 amide bonds. The number of ether oxygens (including phenoxy) is 2. The van der Waals surface area contributed by atoms with Crippen LogP contribution in [0.5, 0.6) is 11.5 Å². The van der Waals surface area contributed by atoms with Crippen LogP contribution in [0.1, 0.15) is 19.4 Å². The van der Waals surface area contributed by atoms with Crippen molar-refractivity contribution < 1.29 is 14.3 Å². The van der Waals surface area contributed by atoms with Crippen LogP contribution >= 0.6 is 11.8 Å². The Balaban J connectivity index is 1.89. The summed E-state index contributed by atoms with van der Waals surface area (Å²) in [4.78, 5) is 17.3. The Morgan fingerprint density at radius 3 is 2.54 bits per heavy atom. The highest BCUT2D eigenvalue weighted by Crippen LogP contribution is 2.35. The average Bonchev–Trinajstić information content (AvgIpc) is 2.98. The van der Waals surface area contributed by atoms with Crippen molar-refractivity contribution in [3.63, 3.8) is 0 Å². The monoisotopic (exact) mass is 368 g/mol. The van der Waals surface area contributed by atoms with Crippen LogP contribution in [0.2, 0.25) is 0 Å². The Morgan fingerprint density at radius 1 is 1.04 bits per heavy atom. The Morgan fingerprint density at radius 2 is 1.81 bits per heavy atom. The van der Waals surface area contributed by atoms with Crippen LogP contribution in [0.4, 0.5) is 5.69 Å². The van der Waals surface area contributed by atoms with Gasteiger partial charge in [-0.1, -0.05) is 30.3 Å². The maximum absolute atomic E-state index is 12.3. The first kappa shape index (κ1) is 18.1. The lowest BCUT2D eigenvalue weighted by molar-refractivity contribution is -0.115. The molecule has 0 saturated carbocycles. The van der Waals surface area contributed by atoms with Crippen molar-refractivity contribution >= 4 is 34.6 Å². The molecule has 0 spiro atoms. The number of amidine groups is 1. The molecule has 1 N–H and O–H groups in total. The number of rotatable bonds is 6. The number of thioether (sulfide) groups is 1. The lowest BCUT2D eigenvalue weighted by Gasteiger charge is -2.13. The van der Waals surface area contributed by atoms with E-state index in [0.717, 1.165) is 11.3 Å². The molecule has 26 heavy (non-hydrogen) atoms. The van der Waals surface area contributed by atoms with E-state index in [4.69, 9.17) is 9.47 Å². The van der Waals surface area contributed by atoms with Crippen molar-refractivity contribution in [1.82, 2.24) is 5.32 Å². The first-order valence-electron chi connectivity index (χ1n) is 8.44. The predicted molar refractivity (Wildman–Crippen MR) is 106 cm³/mol. The van der Waals surface area contributed by atoms with Gasteiger partial charge >= 0.3 is 0 Å². The molecule has 1 aliphatic rings. The van der Waals surface area contributed by atoms with Gasteiger partial charge in [0.25, 0.3) is 5.91 Å². The molecule has 0 atom stereocenters. The minimum Gasteiger partial charge on any atom is -0.490 e. The van der Waals surface area contributed by atoms with Gasteiger partial charge < -0.3 is 14.8 Å².